The van der Waals surface area contributed by atoms with Crippen molar-refractivity contribution >= 4 is 23.7 Å². The molecule has 0 aliphatic carbocycles. The van der Waals surface area contributed by atoms with Crippen molar-refractivity contribution in [2.24, 2.45) is 5.10 Å². The van der Waals surface area contributed by atoms with E-state index in [2.05, 4.69) is 52.1 Å². The molecule has 3 aromatic rings. The highest BCUT2D eigenvalue weighted by Gasteiger charge is 2.26. The quantitative estimate of drug-likeness (QED) is 0.295. The van der Waals surface area contributed by atoms with Crippen molar-refractivity contribution in [3.63, 3.8) is 0 Å². The Morgan fingerprint density at radius 3 is 2.15 bits per heavy atom. The van der Waals surface area contributed by atoms with Crippen molar-refractivity contribution in [1.29, 1.82) is 0 Å². The maximum atomic E-state index is 12.4. The summed E-state index contributed by atoms with van der Waals surface area (Å²) in [6.07, 6.45) is 2.31. The Kier molecular flexibility index (Phi) is 7.57. The van der Waals surface area contributed by atoms with Crippen LogP contribution in [0.3, 0.4) is 0 Å². The van der Waals surface area contributed by atoms with Crippen LogP contribution in [0, 0.1) is 0 Å². The summed E-state index contributed by atoms with van der Waals surface area (Å²) in [5.41, 5.74) is 5.86. The molecule has 0 radical (unpaired) electrons. The van der Waals surface area contributed by atoms with Crippen molar-refractivity contribution < 1.29 is 14.3 Å². The topological polar surface area (TPSA) is 74.8 Å². The Morgan fingerprint density at radius 2 is 1.59 bits per heavy atom. The van der Waals surface area contributed by atoms with E-state index in [-0.39, 0.29) is 23.2 Å². The minimum Gasteiger partial charge on any atom is -0.507 e. The molecular weight excluding hydrogens is 448 g/mol. The second kappa shape index (κ2) is 10.1. The van der Waals surface area contributed by atoms with E-state index >= 15 is 0 Å². The molecule has 2 N–H and O–H groups in total. The van der Waals surface area contributed by atoms with Gasteiger partial charge in [-0.25, -0.2) is 5.43 Å². The zero-order chi connectivity index (χ0) is 25.1. The van der Waals surface area contributed by atoms with E-state index in [4.69, 9.17) is 16.0 Å². The van der Waals surface area contributed by atoms with E-state index in [1.165, 1.54) is 6.21 Å². The van der Waals surface area contributed by atoms with Gasteiger partial charge in [-0.2, -0.15) is 5.10 Å². The maximum Gasteiger partial charge on any atom is 0.240 e. The number of nitrogens with zero attached hydrogens (tertiary/aromatic N) is 1. The Labute approximate surface area is 206 Å². The zero-order valence-corrected chi connectivity index (χ0v) is 21.5. The summed E-state index contributed by atoms with van der Waals surface area (Å²) < 4.78 is 5.75. The predicted octanol–water partition coefficient (Wildman–Crippen LogP) is 6.98. The van der Waals surface area contributed by atoms with E-state index in [1.807, 2.05) is 30.3 Å². The summed E-state index contributed by atoms with van der Waals surface area (Å²) in [5.74, 6) is 1.38. The molecule has 0 saturated carbocycles. The molecule has 3 rings (SSSR count). The molecule has 0 aliphatic rings. The van der Waals surface area contributed by atoms with Crippen LogP contribution in [0.15, 0.2) is 58.0 Å². The fourth-order valence-corrected chi connectivity index (χ4v) is 3.78. The minimum absolute atomic E-state index is 0.191. The second-order valence-corrected chi connectivity index (χ2v) is 11.0. The van der Waals surface area contributed by atoms with Crippen LogP contribution in [-0.2, 0) is 22.0 Å². The van der Waals surface area contributed by atoms with E-state index in [9.17, 15) is 9.90 Å². The van der Waals surface area contributed by atoms with Gasteiger partial charge in [0, 0.05) is 17.0 Å². The molecule has 6 heteroatoms. The van der Waals surface area contributed by atoms with E-state index in [0.29, 0.717) is 28.7 Å². The number of benzene rings is 2. The van der Waals surface area contributed by atoms with Gasteiger partial charge in [-0.3, -0.25) is 4.79 Å². The number of furan rings is 1. The van der Waals surface area contributed by atoms with Crippen molar-refractivity contribution in [3.8, 4) is 17.1 Å². The molecule has 180 valence electrons. The highest BCUT2D eigenvalue weighted by Crippen LogP contribution is 2.40. The number of aryl methyl sites for hydroxylation is 1. The van der Waals surface area contributed by atoms with Crippen LogP contribution in [0.4, 0.5) is 0 Å². The Balaban J connectivity index is 1.63. The van der Waals surface area contributed by atoms with Gasteiger partial charge in [0.1, 0.15) is 17.3 Å². The monoisotopic (exact) mass is 480 g/mol. The smallest absolute Gasteiger partial charge is 0.240 e. The highest BCUT2D eigenvalue weighted by atomic mass is 35.5. The van der Waals surface area contributed by atoms with Crippen molar-refractivity contribution in [2.75, 3.05) is 0 Å². The molecule has 0 aliphatic heterocycles. The van der Waals surface area contributed by atoms with Gasteiger partial charge in [0.05, 0.1) is 6.21 Å². The SMILES string of the molecule is CC(C)(C)c1cc(CCC(=O)N/N=C\c2ccc(-c3ccc(Cl)cc3)o2)cc(C(C)(C)C)c1O. The first-order valence-corrected chi connectivity index (χ1v) is 11.8. The van der Waals surface area contributed by atoms with Gasteiger partial charge < -0.3 is 9.52 Å². The molecule has 0 bridgehead atoms. The van der Waals surface area contributed by atoms with Gasteiger partial charge in [-0.05, 0) is 70.3 Å². The van der Waals surface area contributed by atoms with Gasteiger partial charge in [0.25, 0.3) is 0 Å². The van der Waals surface area contributed by atoms with Crippen molar-refractivity contribution in [2.45, 2.75) is 65.2 Å². The lowest BCUT2D eigenvalue weighted by atomic mass is 9.78. The number of phenols is 1. The molecule has 0 saturated heterocycles. The van der Waals surface area contributed by atoms with E-state index < -0.39 is 0 Å². The van der Waals surface area contributed by atoms with Crippen LogP contribution in [0.5, 0.6) is 5.75 Å². The third-order valence-corrected chi connectivity index (χ3v) is 5.82. The molecule has 34 heavy (non-hydrogen) atoms. The number of nitrogens with one attached hydrogen (secondary N) is 1. The Bertz CT molecular complexity index is 1140. The van der Waals surface area contributed by atoms with Gasteiger partial charge in [-0.1, -0.05) is 65.3 Å². The van der Waals surface area contributed by atoms with Gasteiger partial charge in [0.15, 0.2) is 0 Å². The number of carbonyl (C=O) groups is 1. The van der Waals surface area contributed by atoms with Crippen LogP contribution in [-0.4, -0.2) is 17.2 Å². The summed E-state index contributed by atoms with van der Waals surface area (Å²) in [6.45, 7) is 12.5. The van der Waals surface area contributed by atoms with Crippen LogP contribution >= 0.6 is 11.6 Å². The molecule has 2 aromatic carbocycles. The highest BCUT2D eigenvalue weighted by molar-refractivity contribution is 6.30. The fourth-order valence-electron chi connectivity index (χ4n) is 3.66. The van der Waals surface area contributed by atoms with E-state index in [0.717, 1.165) is 22.3 Å². The summed E-state index contributed by atoms with van der Waals surface area (Å²) in [6, 6.07) is 15.0. The number of phenolic OH excluding ortho intramolecular Hbond substituents is 1. The fraction of sp³-hybridized carbons (Fsp3) is 0.357. The molecule has 0 atom stereocenters. The average Bonchev–Trinajstić information content (AvgIpc) is 3.20. The number of hydrogen-bond acceptors (Lipinski definition) is 4. The molecule has 1 aromatic heterocycles. The lowest BCUT2D eigenvalue weighted by Gasteiger charge is -2.28. The first kappa shape index (κ1) is 25.6. The number of aromatic hydroxyl groups is 1. The van der Waals surface area contributed by atoms with Crippen LogP contribution < -0.4 is 5.43 Å². The average molecular weight is 481 g/mol. The van der Waals surface area contributed by atoms with Crippen molar-refractivity contribution in [1.82, 2.24) is 5.43 Å². The molecule has 1 amide bonds. The molecule has 0 fully saturated rings. The molecule has 5 nitrogen and oxygen atoms in total. The van der Waals surface area contributed by atoms with Crippen LogP contribution in [0.25, 0.3) is 11.3 Å². The largest absolute Gasteiger partial charge is 0.507 e. The Hall–Kier alpha value is -3.05. The van der Waals surface area contributed by atoms with Crippen molar-refractivity contribution in [3.05, 3.63) is 76.0 Å². The van der Waals surface area contributed by atoms with Crippen LogP contribution in [0.2, 0.25) is 5.02 Å². The van der Waals surface area contributed by atoms with Crippen LogP contribution in [0.1, 0.15) is 70.4 Å². The standard InChI is InChI=1S/C28H33ClN2O3/c1-27(2,3)22-15-18(16-23(26(22)33)28(4,5)6)7-14-25(32)31-30-17-21-12-13-24(34-21)19-8-10-20(29)11-9-19/h8-13,15-17,33H,7,14H2,1-6H3,(H,31,32)/b30-17-. The zero-order valence-electron chi connectivity index (χ0n) is 20.7. The molecular formula is C28H33ClN2O3. The first-order chi connectivity index (χ1) is 15.8. The lowest BCUT2D eigenvalue weighted by molar-refractivity contribution is -0.121. The molecule has 0 spiro atoms. The predicted molar refractivity (Wildman–Crippen MR) is 139 cm³/mol. The molecule has 1 heterocycles. The summed E-state index contributed by atoms with van der Waals surface area (Å²) >= 11 is 5.93. The third kappa shape index (κ3) is 6.51. The number of rotatable bonds is 6. The Morgan fingerprint density at radius 1 is 1.00 bits per heavy atom. The third-order valence-electron chi connectivity index (χ3n) is 5.56. The summed E-state index contributed by atoms with van der Waals surface area (Å²) in [4.78, 5) is 12.4. The van der Waals surface area contributed by atoms with Gasteiger partial charge >= 0.3 is 0 Å². The minimum atomic E-state index is -0.208. The summed E-state index contributed by atoms with van der Waals surface area (Å²) in [5, 5.41) is 15.5. The van der Waals surface area contributed by atoms with E-state index in [1.54, 1.807) is 18.2 Å². The number of hydrogen-bond donors (Lipinski definition) is 2. The first-order valence-electron chi connectivity index (χ1n) is 11.4. The molecule has 0 unspecified atom stereocenters. The number of carbonyl (C=O) groups excluding carboxylic acids is 1. The van der Waals surface area contributed by atoms with Gasteiger partial charge in [-0.15, -0.1) is 0 Å². The summed E-state index contributed by atoms with van der Waals surface area (Å²) in [7, 11) is 0. The number of amides is 1. The number of halogens is 1. The second-order valence-electron chi connectivity index (χ2n) is 10.5. The maximum absolute atomic E-state index is 12.4. The normalized spacial score (nSPS) is 12.3. The number of hydrazone groups is 1. The van der Waals surface area contributed by atoms with Gasteiger partial charge in [0.2, 0.25) is 5.91 Å². The lowest BCUT2D eigenvalue weighted by Crippen LogP contribution is -2.20.